The van der Waals surface area contributed by atoms with E-state index in [9.17, 15) is 4.79 Å². The topological polar surface area (TPSA) is 67.6 Å². The zero-order valence-electron chi connectivity index (χ0n) is 14.5. The Hall–Kier alpha value is -2.34. The van der Waals surface area contributed by atoms with Gasteiger partial charge in [0.2, 0.25) is 0 Å². The highest BCUT2D eigenvalue weighted by Gasteiger charge is 2.13. The molecular weight excluding hydrogens is 306 g/mol. The summed E-state index contributed by atoms with van der Waals surface area (Å²) in [6.45, 7) is 7.92. The highest BCUT2D eigenvalue weighted by Crippen LogP contribution is 2.24. The van der Waals surface area contributed by atoms with Gasteiger partial charge in [0.1, 0.15) is 5.75 Å². The molecule has 0 aliphatic rings. The van der Waals surface area contributed by atoms with Crippen molar-refractivity contribution in [2.75, 3.05) is 33.3 Å². The largest absolute Gasteiger partial charge is 0.497 e. The maximum absolute atomic E-state index is 12.1. The normalized spacial score (nSPS) is 10.8. The molecule has 0 unspecified atom stereocenters. The molecule has 1 N–H and O–H groups in total. The number of amides is 1. The fourth-order valence-corrected chi connectivity index (χ4v) is 2.43. The highest BCUT2D eigenvalue weighted by molar-refractivity contribution is 5.93. The second-order valence-electron chi connectivity index (χ2n) is 5.44. The minimum absolute atomic E-state index is 0.215. The van der Waals surface area contributed by atoms with Crippen LogP contribution in [0.5, 0.6) is 5.75 Å². The summed E-state index contributed by atoms with van der Waals surface area (Å²) in [6.07, 6.45) is 0.911. The molecule has 0 saturated heterocycles. The van der Waals surface area contributed by atoms with Crippen molar-refractivity contribution in [1.29, 1.82) is 0 Å². The summed E-state index contributed by atoms with van der Waals surface area (Å²) in [5.74, 6) is 1.06. The third-order valence-electron chi connectivity index (χ3n) is 3.93. The van der Waals surface area contributed by atoms with Crippen LogP contribution in [0, 0.1) is 0 Å². The van der Waals surface area contributed by atoms with E-state index in [0.29, 0.717) is 12.3 Å². The van der Waals surface area contributed by atoms with Crippen LogP contribution in [0.15, 0.2) is 34.9 Å². The first-order chi connectivity index (χ1) is 11.7. The molecule has 1 aromatic heterocycles. The minimum atomic E-state index is -0.215. The van der Waals surface area contributed by atoms with Crippen LogP contribution in [0.3, 0.4) is 0 Å². The van der Waals surface area contributed by atoms with E-state index in [2.05, 4.69) is 29.2 Å². The van der Waals surface area contributed by atoms with Crippen LogP contribution < -0.4 is 10.1 Å². The van der Waals surface area contributed by atoms with Crippen molar-refractivity contribution in [3.05, 3.63) is 36.0 Å². The lowest BCUT2D eigenvalue weighted by Gasteiger charge is -2.17. The van der Waals surface area contributed by atoms with Crippen molar-refractivity contribution in [2.45, 2.75) is 20.3 Å². The van der Waals surface area contributed by atoms with Crippen molar-refractivity contribution in [3.8, 4) is 17.1 Å². The first kappa shape index (κ1) is 18.0. The van der Waals surface area contributed by atoms with Crippen molar-refractivity contribution >= 4 is 5.91 Å². The maximum atomic E-state index is 12.1. The van der Waals surface area contributed by atoms with Gasteiger partial charge in [-0.2, -0.15) is 0 Å². The molecule has 1 amide bonds. The summed E-state index contributed by atoms with van der Waals surface area (Å²) < 4.78 is 10.5. The van der Waals surface area contributed by atoms with E-state index in [1.807, 2.05) is 24.3 Å². The Balaban J connectivity index is 1.89. The zero-order chi connectivity index (χ0) is 17.4. The van der Waals surface area contributed by atoms with E-state index in [1.165, 1.54) is 0 Å². The quantitative estimate of drug-likeness (QED) is 0.716. The smallest absolute Gasteiger partial charge is 0.273 e. The molecule has 0 aliphatic carbocycles. The predicted octanol–water partition coefficient (Wildman–Crippen LogP) is 2.81. The van der Waals surface area contributed by atoms with Crippen LogP contribution in [-0.2, 0) is 0 Å². The Bertz CT molecular complexity index is 650. The number of carbonyl (C=O) groups is 1. The van der Waals surface area contributed by atoms with Gasteiger partial charge in [0.05, 0.1) is 7.11 Å². The SMILES string of the molecule is CCN(CC)CCCNC(=O)c1cc(-c2cccc(OC)c2)on1. The van der Waals surface area contributed by atoms with Crippen LogP contribution in [-0.4, -0.2) is 49.3 Å². The second kappa shape index (κ2) is 9.08. The lowest BCUT2D eigenvalue weighted by atomic mass is 10.1. The Kier molecular flexibility index (Phi) is 6.81. The standard InChI is InChI=1S/C18H25N3O3/c1-4-21(5-2)11-7-10-19-18(22)16-13-17(24-20-16)14-8-6-9-15(12-14)23-3/h6,8-9,12-13H,4-5,7,10-11H2,1-3H3,(H,19,22). The number of nitrogens with one attached hydrogen (secondary N) is 1. The van der Waals surface area contributed by atoms with Gasteiger partial charge in [0, 0.05) is 18.2 Å². The van der Waals surface area contributed by atoms with E-state index in [1.54, 1.807) is 13.2 Å². The summed E-state index contributed by atoms with van der Waals surface area (Å²) in [4.78, 5) is 14.4. The molecule has 6 nitrogen and oxygen atoms in total. The third kappa shape index (κ3) is 4.83. The van der Waals surface area contributed by atoms with E-state index in [-0.39, 0.29) is 11.6 Å². The van der Waals surface area contributed by atoms with E-state index < -0.39 is 0 Å². The van der Waals surface area contributed by atoms with Crippen LogP contribution in [0.2, 0.25) is 0 Å². The number of methoxy groups -OCH3 is 1. The van der Waals surface area contributed by atoms with Crippen LogP contribution in [0.25, 0.3) is 11.3 Å². The van der Waals surface area contributed by atoms with Crippen LogP contribution in [0.4, 0.5) is 0 Å². The molecule has 0 fully saturated rings. The molecule has 130 valence electrons. The van der Waals surface area contributed by atoms with Gasteiger partial charge in [0.25, 0.3) is 5.91 Å². The fourth-order valence-electron chi connectivity index (χ4n) is 2.43. The molecule has 24 heavy (non-hydrogen) atoms. The zero-order valence-corrected chi connectivity index (χ0v) is 14.5. The van der Waals surface area contributed by atoms with E-state index in [0.717, 1.165) is 37.4 Å². The van der Waals surface area contributed by atoms with Crippen molar-refractivity contribution in [1.82, 2.24) is 15.4 Å². The molecule has 0 saturated carbocycles. The summed E-state index contributed by atoms with van der Waals surface area (Å²) in [6, 6.07) is 9.09. The molecule has 0 bridgehead atoms. The number of ether oxygens (including phenoxy) is 1. The minimum Gasteiger partial charge on any atom is -0.497 e. The first-order valence-corrected chi connectivity index (χ1v) is 8.29. The van der Waals surface area contributed by atoms with Gasteiger partial charge in [-0.05, 0) is 38.2 Å². The van der Waals surface area contributed by atoms with Crippen molar-refractivity contribution < 1.29 is 14.1 Å². The Morgan fingerprint density at radius 1 is 1.29 bits per heavy atom. The number of rotatable bonds is 9. The Morgan fingerprint density at radius 3 is 2.79 bits per heavy atom. The number of hydrogen-bond donors (Lipinski definition) is 1. The van der Waals surface area contributed by atoms with Gasteiger partial charge in [-0.3, -0.25) is 4.79 Å². The third-order valence-corrected chi connectivity index (χ3v) is 3.93. The average Bonchev–Trinajstić information content (AvgIpc) is 3.12. The number of carbonyl (C=O) groups excluding carboxylic acids is 1. The first-order valence-electron chi connectivity index (χ1n) is 8.29. The van der Waals surface area contributed by atoms with Gasteiger partial charge in [-0.1, -0.05) is 31.1 Å². The molecule has 0 radical (unpaired) electrons. The molecule has 0 aliphatic heterocycles. The summed E-state index contributed by atoms with van der Waals surface area (Å²) >= 11 is 0. The van der Waals surface area contributed by atoms with E-state index >= 15 is 0 Å². The molecule has 6 heteroatoms. The lowest BCUT2D eigenvalue weighted by molar-refractivity contribution is 0.0943. The maximum Gasteiger partial charge on any atom is 0.273 e. The Labute approximate surface area is 142 Å². The number of benzene rings is 1. The van der Waals surface area contributed by atoms with Gasteiger partial charge >= 0.3 is 0 Å². The molecule has 2 rings (SSSR count). The van der Waals surface area contributed by atoms with Crippen LogP contribution in [0.1, 0.15) is 30.8 Å². The Morgan fingerprint density at radius 2 is 2.08 bits per heavy atom. The molecule has 1 aromatic carbocycles. The van der Waals surface area contributed by atoms with E-state index in [4.69, 9.17) is 9.26 Å². The van der Waals surface area contributed by atoms with Crippen molar-refractivity contribution in [2.24, 2.45) is 0 Å². The highest BCUT2D eigenvalue weighted by atomic mass is 16.5. The molecule has 0 atom stereocenters. The number of nitrogens with zero attached hydrogens (tertiary/aromatic N) is 2. The number of aromatic nitrogens is 1. The lowest BCUT2D eigenvalue weighted by Crippen LogP contribution is -2.30. The second-order valence-corrected chi connectivity index (χ2v) is 5.44. The van der Waals surface area contributed by atoms with Crippen LogP contribution >= 0.6 is 0 Å². The van der Waals surface area contributed by atoms with Crippen molar-refractivity contribution in [3.63, 3.8) is 0 Å². The predicted molar refractivity (Wildman–Crippen MR) is 93.2 cm³/mol. The summed E-state index contributed by atoms with van der Waals surface area (Å²) in [5.41, 5.74) is 1.11. The molecular formula is C18H25N3O3. The monoisotopic (exact) mass is 331 g/mol. The van der Waals surface area contributed by atoms with Gasteiger partial charge < -0.3 is 19.5 Å². The number of hydrogen-bond acceptors (Lipinski definition) is 5. The fraction of sp³-hybridized carbons (Fsp3) is 0.444. The van der Waals surface area contributed by atoms with Gasteiger partial charge in [0.15, 0.2) is 11.5 Å². The molecule has 0 spiro atoms. The van der Waals surface area contributed by atoms with Gasteiger partial charge in [-0.15, -0.1) is 0 Å². The molecule has 1 heterocycles. The molecule has 2 aromatic rings. The average molecular weight is 331 g/mol. The summed E-state index contributed by atoms with van der Waals surface area (Å²) in [5, 5.41) is 6.73. The van der Waals surface area contributed by atoms with Gasteiger partial charge in [-0.25, -0.2) is 0 Å². The summed E-state index contributed by atoms with van der Waals surface area (Å²) in [7, 11) is 1.61.